The number of carbonyl (C=O) groups is 2. The summed E-state index contributed by atoms with van der Waals surface area (Å²) in [5.41, 5.74) is 2.26. The summed E-state index contributed by atoms with van der Waals surface area (Å²) in [5.74, 6) is 0.424. The van der Waals surface area contributed by atoms with Crippen LogP contribution in [0.4, 0.5) is 5.13 Å². The van der Waals surface area contributed by atoms with Crippen molar-refractivity contribution in [2.75, 3.05) is 5.32 Å². The van der Waals surface area contributed by atoms with E-state index in [1.165, 1.54) is 39.0 Å². The second-order valence-corrected chi connectivity index (χ2v) is 9.96. The molecular weight excluding hydrogens is 424 g/mol. The first kappa shape index (κ1) is 22.8. The highest BCUT2D eigenvalue weighted by molar-refractivity contribution is 7.09. The Labute approximate surface area is 192 Å². The Balaban J connectivity index is 1.64. The van der Waals surface area contributed by atoms with Gasteiger partial charge in [0.05, 0.1) is 6.42 Å². The number of anilines is 1. The summed E-state index contributed by atoms with van der Waals surface area (Å²) in [6.07, 6.45) is 12.5. The zero-order chi connectivity index (χ0) is 22.5. The van der Waals surface area contributed by atoms with Gasteiger partial charge in [-0.2, -0.15) is 4.37 Å². The number of hydrogen-bond acceptors (Lipinski definition) is 6. The molecule has 0 unspecified atom stereocenters. The second-order valence-electron chi connectivity index (χ2n) is 9.21. The molecule has 0 saturated heterocycles. The number of carbonyl (C=O) groups excluding carboxylic acids is 2. The van der Waals surface area contributed by atoms with E-state index >= 15 is 0 Å². The van der Waals surface area contributed by atoms with Crippen LogP contribution in [0.2, 0.25) is 0 Å². The number of nitrogens with one attached hydrogen (secondary N) is 1. The molecule has 32 heavy (non-hydrogen) atoms. The van der Waals surface area contributed by atoms with E-state index in [4.69, 9.17) is 0 Å². The number of nitrogens with zero attached hydrogens (tertiary/aromatic N) is 3. The minimum atomic E-state index is -0.442. The lowest BCUT2D eigenvalue weighted by molar-refractivity contribution is -0.116. The Kier molecular flexibility index (Phi) is 7.50. The molecule has 172 valence electrons. The lowest BCUT2D eigenvalue weighted by Gasteiger charge is -2.26. The summed E-state index contributed by atoms with van der Waals surface area (Å²) in [4.78, 5) is 42.1. The van der Waals surface area contributed by atoms with Crippen LogP contribution in [0.15, 0.2) is 10.9 Å². The maximum Gasteiger partial charge on any atom is 0.263 e. The van der Waals surface area contributed by atoms with Crippen LogP contribution in [0, 0.1) is 5.92 Å². The Morgan fingerprint density at radius 1 is 1.09 bits per heavy atom. The number of aryl methyl sites for hydroxylation is 1. The molecule has 0 atom stereocenters. The Morgan fingerprint density at radius 2 is 1.81 bits per heavy atom. The SMILES string of the molecule is CC(=O)Cc1nsc(NC(=O)c2cc3c(n(CC4CCCCC4)c2=O)CCCCCC3)n1. The van der Waals surface area contributed by atoms with Crippen molar-refractivity contribution in [3.8, 4) is 0 Å². The first-order chi connectivity index (χ1) is 15.5. The van der Waals surface area contributed by atoms with E-state index in [0.29, 0.717) is 23.4 Å². The van der Waals surface area contributed by atoms with E-state index in [2.05, 4.69) is 14.7 Å². The molecule has 1 saturated carbocycles. The largest absolute Gasteiger partial charge is 0.311 e. The van der Waals surface area contributed by atoms with Crippen molar-refractivity contribution in [2.45, 2.75) is 90.5 Å². The molecule has 2 aromatic heterocycles. The number of pyridine rings is 1. The fraction of sp³-hybridized carbons (Fsp3) is 0.625. The predicted octanol–water partition coefficient (Wildman–Crippen LogP) is 4.32. The van der Waals surface area contributed by atoms with Crippen molar-refractivity contribution >= 4 is 28.4 Å². The third-order valence-electron chi connectivity index (χ3n) is 6.61. The van der Waals surface area contributed by atoms with E-state index in [-0.39, 0.29) is 23.3 Å². The lowest BCUT2D eigenvalue weighted by Crippen LogP contribution is -2.35. The summed E-state index contributed by atoms with van der Waals surface area (Å²) >= 11 is 1.03. The normalized spacial score (nSPS) is 17.3. The summed E-state index contributed by atoms with van der Waals surface area (Å²) in [6.45, 7) is 2.19. The van der Waals surface area contributed by atoms with Gasteiger partial charge in [-0.1, -0.05) is 32.1 Å². The number of Topliss-reactive ketones (excluding diaryl/α,β-unsaturated/α-hetero) is 1. The summed E-state index contributed by atoms with van der Waals surface area (Å²) < 4.78 is 6.05. The molecule has 0 radical (unpaired) electrons. The molecule has 4 rings (SSSR count). The third kappa shape index (κ3) is 5.52. The molecule has 0 spiro atoms. The van der Waals surface area contributed by atoms with E-state index in [1.54, 1.807) is 0 Å². The summed E-state index contributed by atoms with van der Waals surface area (Å²) in [7, 11) is 0. The van der Waals surface area contributed by atoms with Crippen LogP contribution in [0.1, 0.15) is 92.2 Å². The zero-order valence-electron chi connectivity index (χ0n) is 18.8. The molecule has 0 bridgehead atoms. The molecule has 1 N–H and O–H groups in total. The Hall–Kier alpha value is -2.35. The van der Waals surface area contributed by atoms with Gasteiger partial charge in [-0.3, -0.25) is 19.7 Å². The van der Waals surface area contributed by atoms with Crippen LogP contribution >= 0.6 is 11.5 Å². The smallest absolute Gasteiger partial charge is 0.263 e. The first-order valence-corrected chi connectivity index (χ1v) is 12.7. The van der Waals surface area contributed by atoms with Crippen molar-refractivity contribution in [3.05, 3.63) is 39.1 Å². The number of ketones is 1. The molecule has 0 aliphatic heterocycles. The van der Waals surface area contributed by atoms with E-state index in [0.717, 1.165) is 61.3 Å². The fourth-order valence-electron chi connectivity index (χ4n) is 4.98. The standard InChI is InChI=1S/C24H32N4O3S/c1-16(29)13-21-25-24(32-27-21)26-22(30)19-14-18-11-7-2-3-8-12-20(18)28(23(19)31)15-17-9-5-4-6-10-17/h14,17H,2-13,15H2,1H3,(H,25,26,27,30). The van der Waals surface area contributed by atoms with Gasteiger partial charge in [0, 0.05) is 23.8 Å². The molecule has 2 heterocycles. The summed E-state index contributed by atoms with van der Waals surface area (Å²) in [6, 6.07) is 1.81. The predicted molar refractivity (Wildman–Crippen MR) is 125 cm³/mol. The number of hydrogen-bond donors (Lipinski definition) is 1. The minimum absolute atomic E-state index is 0.0343. The van der Waals surface area contributed by atoms with E-state index in [9.17, 15) is 14.4 Å². The molecule has 2 aromatic rings. The van der Waals surface area contributed by atoms with Crippen LogP contribution in [-0.4, -0.2) is 25.6 Å². The first-order valence-electron chi connectivity index (χ1n) is 11.9. The van der Waals surface area contributed by atoms with Crippen molar-refractivity contribution < 1.29 is 9.59 Å². The van der Waals surface area contributed by atoms with Crippen molar-refractivity contribution in [3.63, 3.8) is 0 Å². The van der Waals surface area contributed by atoms with Crippen molar-refractivity contribution in [1.29, 1.82) is 0 Å². The minimum Gasteiger partial charge on any atom is -0.311 e. The van der Waals surface area contributed by atoms with Gasteiger partial charge < -0.3 is 4.57 Å². The molecule has 2 aliphatic carbocycles. The van der Waals surface area contributed by atoms with Gasteiger partial charge in [-0.05, 0) is 63.0 Å². The van der Waals surface area contributed by atoms with Gasteiger partial charge in [0.25, 0.3) is 11.5 Å². The van der Waals surface area contributed by atoms with Gasteiger partial charge in [-0.25, -0.2) is 4.98 Å². The lowest BCUT2D eigenvalue weighted by atomic mass is 9.88. The second kappa shape index (κ2) is 10.5. The van der Waals surface area contributed by atoms with Crippen LogP contribution in [0.3, 0.4) is 0 Å². The van der Waals surface area contributed by atoms with Crippen molar-refractivity contribution in [1.82, 2.24) is 13.9 Å². The average Bonchev–Trinajstić information content (AvgIpc) is 3.17. The molecule has 2 aliphatic rings. The van der Waals surface area contributed by atoms with E-state index < -0.39 is 5.91 Å². The quantitative estimate of drug-likeness (QED) is 0.698. The highest BCUT2D eigenvalue weighted by Gasteiger charge is 2.23. The Bertz CT molecular complexity index is 1040. The maximum absolute atomic E-state index is 13.5. The van der Waals surface area contributed by atoms with Gasteiger partial charge in [0.2, 0.25) is 5.13 Å². The molecule has 1 fully saturated rings. The number of amides is 1. The van der Waals surface area contributed by atoms with Crippen LogP contribution in [0.25, 0.3) is 0 Å². The maximum atomic E-state index is 13.5. The van der Waals surface area contributed by atoms with Crippen LogP contribution in [-0.2, 0) is 30.6 Å². The van der Waals surface area contributed by atoms with Crippen LogP contribution in [0.5, 0.6) is 0 Å². The monoisotopic (exact) mass is 456 g/mol. The van der Waals surface area contributed by atoms with Gasteiger partial charge in [0.1, 0.15) is 11.3 Å². The van der Waals surface area contributed by atoms with Crippen LogP contribution < -0.4 is 10.9 Å². The topological polar surface area (TPSA) is 94.0 Å². The third-order valence-corrected chi connectivity index (χ3v) is 7.27. The molecule has 1 amide bonds. The number of aromatic nitrogens is 3. The molecule has 8 heteroatoms. The average molecular weight is 457 g/mol. The fourth-order valence-corrected chi connectivity index (χ4v) is 5.56. The van der Waals surface area contributed by atoms with Gasteiger partial charge in [0.15, 0.2) is 5.82 Å². The Morgan fingerprint density at radius 3 is 2.56 bits per heavy atom. The number of rotatable bonds is 6. The van der Waals surface area contributed by atoms with Gasteiger partial charge >= 0.3 is 0 Å². The van der Waals surface area contributed by atoms with Crippen molar-refractivity contribution in [2.24, 2.45) is 5.92 Å². The highest BCUT2D eigenvalue weighted by atomic mass is 32.1. The number of fused-ring (bicyclic) bond motifs is 1. The zero-order valence-corrected chi connectivity index (χ0v) is 19.6. The van der Waals surface area contributed by atoms with Gasteiger partial charge in [-0.15, -0.1) is 0 Å². The molecular formula is C24H32N4O3S. The summed E-state index contributed by atoms with van der Waals surface area (Å²) in [5, 5.41) is 3.06. The van der Waals surface area contributed by atoms with E-state index in [1.807, 2.05) is 10.6 Å². The molecule has 7 nitrogen and oxygen atoms in total. The molecule has 0 aromatic carbocycles. The highest BCUT2D eigenvalue weighted by Crippen LogP contribution is 2.27.